The van der Waals surface area contributed by atoms with E-state index in [1.165, 1.54) is 38.2 Å². The van der Waals surface area contributed by atoms with E-state index >= 15 is 0 Å². The minimum Gasteiger partial charge on any atom is -0.378 e. The zero-order chi connectivity index (χ0) is 14.9. The number of hydrogen-bond acceptors (Lipinski definition) is 4. The molecule has 0 atom stereocenters. The predicted octanol–water partition coefficient (Wildman–Crippen LogP) is 3.42. The van der Waals surface area contributed by atoms with Crippen molar-refractivity contribution < 1.29 is 9.66 Å². The van der Waals surface area contributed by atoms with Gasteiger partial charge in [-0.3, -0.25) is 10.1 Å². The number of non-ortho nitro benzene ring substituents is 1. The van der Waals surface area contributed by atoms with Crippen LogP contribution >= 0.6 is 0 Å². The maximum Gasteiger partial charge on any atom is 0.269 e. The van der Waals surface area contributed by atoms with Crippen molar-refractivity contribution in [2.24, 2.45) is 0 Å². The van der Waals surface area contributed by atoms with Gasteiger partial charge in [0.1, 0.15) is 0 Å². The van der Waals surface area contributed by atoms with Crippen molar-refractivity contribution in [1.29, 1.82) is 0 Å². The van der Waals surface area contributed by atoms with Gasteiger partial charge in [-0.25, -0.2) is 0 Å². The lowest BCUT2D eigenvalue weighted by Gasteiger charge is -2.21. The SMILES string of the molecule is O=[N+]([O-])c1cccc(CNCCCOC2CCCCC2)c1. The first-order valence-corrected chi connectivity index (χ1v) is 7.81. The van der Waals surface area contributed by atoms with E-state index in [2.05, 4.69) is 5.32 Å². The molecule has 0 unspecified atom stereocenters. The van der Waals surface area contributed by atoms with Crippen molar-refractivity contribution in [1.82, 2.24) is 5.32 Å². The summed E-state index contributed by atoms with van der Waals surface area (Å²) in [6, 6.07) is 6.76. The van der Waals surface area contributed by atoms with Crippen LogP contribution in [0.25, 0.3) is 0 Å². The Balaban J connectivity index is 1.57. The number of ether oxygens (including phenoxy) is 1. The van der Waals surface area contributed by atoms with Crippen LogP contribution in [0.3, 0.4) is 0 Å². The Kier molecular flexibility index (Phi) is 6.63. The third-order valence-corrected chi connectivity index (χ3v) is 3.85. The van der Waals surface area contributed by atoms with E-state index in [1.807, 2.05) is 6.07 Å². The summed E-state index contributed by atoms with van der Waals surface area (Å²) in [6.45, 7) is 2.33. The standard InChI is InChI=1S/C16H24N2O3/c19-18(20)15-7-4-6-14(12-15)13-17-10-5-11-21-16-8-2-1-3-9-16/h4,6-7,12,16-17H,1-3,5,8-11,13H2. The monoisotopic (exact) mass is 292 g/mol. The molecule has 0 heterocycles. The number of nitrogens with zero attached hydrogens (tertiary/aromatic N) is 1. The number of nitro benzene ring substituents is 1. The highest BCUT2D eigenvalue weighted by Gasteiger charge is 2.12. The Bertz CT molecular complexity index is 445. The van der Waals surface area contributed by atoms with Gasteiger partial charge in [-0.1, -0.05) is 31.4 Å². The molecule has 5 heteroatoms. The molecular weight excluding hydrogens is 268 g/mol. The van der Waals surface area contributed by atoms with Gasteiger partial charge in [-0.2, -0.15) is 0 Å². The van der Waals surface area contributed by atoms with Gasteiger partial charge in [0, 0.05) is 25.3 Å². The lowest BCUT2D eigenvalue weighted by Crippen LogP contribution is -2.20. The zero-order valence-electron chi connectivity index (χ0n) is 12.4. The van der Waals surface area contributed by atoms with Crippen LogP contribution in [0.2, 0.25) is 0 Å². The summed E-state index contributed by atoms with van der Waals surface area (Å²) in [5.74, 6) is 0. The van der Waals surface area contributed by atoms with Gasteiger partial charge in [-0.15, -0.1) is 0 Å². The topological polar surface area (TPSA) is 64.4 Å². The quantitative estimate of drug-likeness (QED) is 0.453. The van der Waals surface area contributed by atoms with Crippen LogP contribution < -0.4 is 5.32 Å². The van der Waals surface area contributed by atoms with Crippen LogP contribution in [0.5, 0.6) is 0 Å². The van der Waals surface area contributed by atoms with Gasteiger partial charge in [-0.05, 0) is 31.4 Å². The van der Waals surface area contributed by atoms with Gasteiger partial charge in [0.05, 0.1) is 11.0 Å². The van der Waals surface area contributed by atoms with Crippen LogP contribution in [0, 0.1) is 10.1 Å². The zero-order valence-corrected chi connectivity index (χ0v) is 12.4. The average Bonchev–Trinajstić information content (AvgIpc) is 2.52. The maximum absolute atomic E-state index is 10.7. The molecule has 0 spiro atoms. The normalized spacial score (nSPS) is 16.0. The third-order valence-electron chi connectivity index (χ3n) is 3.85. The fourth-order valence-electron chi connectivity index (χ4n) is 2.69. The van der Waals surface area contributed by atoms with Crippen molar-refractivity contribution in [3.63, 3.8) is 0 Å². The van der Waals surface area contributed by atoms with Gasteiger partial charge in [0.15, 0.2) is 0 Å². The van der Waals surface area contributed by atoms with Gasteiger partial charge >= 0.3 is 0 Å². The summed E-state index contributed by atoms with van der Waals surface area (Å²) >= 11 is 0. The molecule has 1 aromatic carbocycles. The van der Waals surface area contributed by atoms with E-state index in [0.29, 0.717) is 12.6 Å². The second-order valence-electron chi connectivity index (χ2n) is 5.59. The van der Waals surface area contributed by atoms with Crippen LogP contribution in [0.1, 0.15) is 44.1 Å². The fraction of sp³-hybridized carbons (Fsp3) is 0.625. The van der Waals surface area contributed by atoms with Crippen molar-refractivity contribution >= 4 is 5.69 Å². The maximum atomic E-state index is 10.7. The highest BCUT2D eigenvalue weighted by atomic mass is 16.6. The molecule has 1 saturated carbocycles. The lowest BCUT2D eigenvalue weighted by atomic mass is 9.98. The summed E-state index contributed by atoms with van der Waals surface area (Å²) in [6.07, 6.45) is 7.82. The second-order valence-corrected chi connectivity index (χ2v) is 5.59. The van der Waals surface area contributed by atoms with E-state index in [-0.39, 0.29) is 10.6 Å². The molecule has 0 aromatic heterocycles. The largest absolute Gasteiger partial charge is 0.378 e. The molecule has 1 fully saturated rings. The molecule has 0 radical (unpaired) electrons. The highest BCUT2D eigenvalue weighted by molar-refractivity contribution is 5.34. The molecule has 1 aliphatic carbocycles. The van der Waals surface area contributed by atoms with Gasteiger partial charge in [0.2, 0.25) is 0 Å². The number of benzene rings is 1. The first kappa shape index (κ1) is 15.9. The summed E-state index contributed by atoms with van der Waals surface area (Å²) < 4.78 is 5.86. The number of hydrogen-bond donors (Lipinski definition) is 1. The summed E-state index contributed by atoms with van der Waals surface area (Å²) in [5, 5.41) is 14.0. The molecule has 1 aromatic rings. The highest BCUT2D eigenvalue weighted by Crippen LogP contribution is 2.20. The minimum atomic E-state index is -0.360. The molecule has 1 aliphatic rings. The Labute approximate surface area is 125 Å². The molecule has 5 nitrogen and oxygen atoms in total. The first-order valence-electron chi connectivity index (χ1n) is 7.81. The summed E-state index contributed by atoms with van der Waals surface area (Å²) in [5.41, 5.74) is 1.09. The van der Waals surface area contributed by atoms with Gasteiger partial charge in [0.25, 0.3) is 5.69 Å². The van der Waals surface area contributed by atoms with E-state index in [0.717, 1.165) is 25.1 Å². The lowest BCUT2D eigenvalue weighted by molar-refractivity contribution is -0.384. The average molecular weight is 292 g/mol. The molecule has 116 valence electrons. The van der Waals surface area contributed by atoms with E-state index in [4.69, 9.17) is 4.74 Å². The first-order chi connectivity index (χ1) is 10.3. The van der Waals surface area contributed by atoms with Crippen molar-refractivity contribution in [3.05, 3.63) is 39.9 Å². The molecule has 0 amide bonds. The van der Waals surface area contributed by atoms with Crippen molar-refractivity contribution in [2.45, 2.75) is 51.2 Å². The molecule has 21 heavy (non-hydrogen) atoms. The predicted molar refractivity (Wildman–Crippen MR) is 82.2 cm³/mol. The van der Waals surface area contributed by atoms with Gasteiger partial charge < -0.3 is 10.1 Å². The Morgan fingerprint density at radius 3 is 2.86 bits per heavy atom. The van der Waals surface area contributed by atoms with E-state index in [1.54, 1.807) is 12.1 Å². The Hall–Kier alpha value is -1.46. The summed E-state index contributed by atoms with van der Waals surface area (Å²) in [4.78, 5) is 10.3. The van der Waals surface area contributed by atoms with Crippen LogP contribution in [-0.2, 0) is 11.3 Å². The Morgan fingerprint density at radius 1 is 1.29 bits per heavy atom. The van der Waals surface area contributed by atoms with Crippen molar-refractivity contribution in [3.8, 4) is 0 Å². The number of nitro groups is 1. The fourth-order valence-corrected chi connectivity index (χ4v) is 2.69. The number of nitrogens with one attached hydrogen (secondary N) is 1. The second kappa shape index (κ2) is 8.74. The van der Waals surface area contributed by atoms with Crippen LogP contribution in [0.15, 0.2) is 24.3 Å². The molecule has 0 aliphatic heterocycles. The van der Waals surface area contributed by atoms with E-state index in [9.17, 15) is 10.1 Å². The third kappa shape index (κ3) is 5.81. The molecule has 2 rings (SSSR count). The summed E-state index contributed by atoms with van der Waals surface area (Å²) in [7, 11) is 0. The molecule has 0 saturated heterocycles. The number of rotatable bonds is 8. The van der Waals surface area contributed by atoms with Crippen molar-refractivity contribution in [2.75, 3.05) is 13.2 Å². The minimum absolute atomic E-state index is 0.148. The molecule has 1 N–H and O–H groups in total. The molecule has 0 bridgehead atoms. The Morgan fingerprint density at radius 2 is 2.10 bits per heavy atom. The smallest absolute Gasteiger partial charge is 0.269 e. The van der Waals surface area contributed by atoms with E-state index < -0.39 is 0 Å². The molecular formula is C16H24N2O3. The van der Waals surface area contributed by atoms with Crippen LogP contribution in [-0.4, -0.2) is 24.2 Å². The van der Waals surface area contributed by atoms with Crippen LogP contribution in [0.4, 0.5) is 5.69 Å².